The third kappa shape index (κ3) is 4.84. The predicted molar refractivity (Wildman–Crippen MR) is 63.1 cm³/mol. The van der Waals surface area contributed by atoms with E-state index < -0.39 is 18.1 Å². The Morgan fingerprint density at radius 3 is 2.56 bits per heavy atom. The molecule has 6 heteroatoms. The van der Waals surface area contributed by atoms with E-state index in [0.29, 0.717) is 25.9 Å². The lowest BCUT2D eigenvalue weighted by Gasteiger charge is -2.33. The second kappa shape index (κ2) is 6.97. The van der Waals surface area contributed by atoms with Crippen molar-refractivity contribution in [2.24, 2.45) is 5.92 Å². The molecule has 1 fully saturated rings. The zero-order valence-corrected chi connectivity index (χ0v) is 10.6. The molecule has 0 aromatic heterocycles. The average Bonchev–Trinajstić information content (AvgIpc) is 2.28. The molecule has 2 N–H and O–H groups in total. The van der Waals surface area contributed by atoms with Crippen LogP contribution in [0.15, 0.2) is 0 Å². The number of carbonyl (C=O) groups is 1. The van der Waals surface area contributed by atoms with Crippen LogP contribution in [0.2, 0.25) is 0 Å². The molecule has 0 bridgehead atoms. The molecule has 1 aliphatic carbocycles. The van der Waals surface area contributed by atoms with Crippen LogP contribution < -0.4 is 10.6 Å². The van der Waals surface area contributed by atoms with Crippen LogP contribution in [0.25, 0.3) is 0 Å². The van der Waals surface area contributed by atoms with Crippen molar-refractivity contribution >= 4 is 5.91 Å². The number of hydrogen-bond acceptors (Lipinski definition) is 2. The molecule has 106 valence electrons. The number of rotatable bonds is 5. The molecule has 18 heavy (non-hydrogen) atoms. The van der Waals surface area contributed by atoms with Crippen molar-refractivity contribution in [2.75, 3.05) is 13.1 Å². The molecular weight excluding hydrogens is 245 g/mol. The van der Waals surface area contributed by atoms with E-state index in [0.717, 1.165) is 6.42 Å². The van der Waals surface area contributed by atoms with Gasteiger partial charge in [-0.15, -0.1) is 0 Å². The molecule has 2 atom stereocenters. The van der Waals surface area contributed by atoms with Gasteiger partial charge in [-0.25, -0.2) is 0 Å². The minimum absolute atomic E-state index is 0.121. The third-order valence-electron chi connectivity index (χ3n) is 3.32. The van der Waals surface area contributed by atoms with Crippen molar-refractivity contribution in [1.29, 1.82) is 0 Å². The predicted octanol–water partition coefficient (Wildman–Crippen LogP) is 2.22. The maximum atomic E-state index is 12.8. The van der Waals surface area contributed by atoms with Crippen molar-refractivity contribution in [2.45, 2.75) is 51.2 Å². The highest BCUT2D eigenvalue weighted by atomic mass is 19.4. The molecule has 0 radical (unpaired) electrons. The van der Waals surface area contributed by atoms with Crippen molar-refractivity contribution < 1.29 is 18.0 Å². The topological polar surface area (TPSA) is 41.1 Å². The minimum atomic E-state index is -4.14. The van der Waals surface area contributed by atoms with E-state index in [1.54, 1.807) is 0 Å². The molecule has 0 saturated heterocycles. The van der Waals surface area contributed by atoms with Gasteiger partial charge in [0.05, 0.1) is 5.92 Å². The van der Waals surface area contributed by atoms with Gasteiger partial charge in [0.1, 0.15) is 0 Å². The molecule has 1 rings (SSSR count). The van der Waals surface area contributed by atoms with Crippen molar-refractivity contribution in [1.82, 2.24) is 10.6 Å². The van der Waals surface area contributed by atoms with E-state index in [-0.39, 0.29) is 18.7 Å². The first-order chi connectivity index (χ1) is 8.45. The Morgan fingerprint density at radius 2 is 1.94 bits per heavy atom. The molecule has 1 aliphatic rings. The van der Waals surface area contributed by atoms with Gasteiger partial charge in [-0.1, -0.05) is 12.8 Å². The molecule has 0 aromatic rings. The first-order valence-corrected chi connectivity index (χ1v) is 6.52. The summed E-state index contributed by atoms with van der Waals surface area (Å²) in [4.78, 5) is 11.2. The summed E-state index contributed by atoms with van der Waals surface area (Å²) in [5.74, 6) is -1.38. The molecule has 1 saturated carbocycles. The van der Waals surface area contributed by atoms with Crippen LogP contribution in [0, 0.1) is 5.92 Å². The van der Waals surface area contributed by atoms with E-state index in [9.17, 15) is 18.0 Å². The van der Waals surface area contributed by atoms with Gasteiger partial charge >= 0.3 is 6.18 Å². The maximum Gasteiger partial charge on any atom is 0.393 e. The van der Waals surface area contributed by atoms with Gasteiger partial charge in [-0.2, -0.15) is 13.2 Å². The van der Waals surface area contributed by atoms with Crippen LogP contribution in [0.5, 0.6) is 0 Å². The second-order valence-electron chi connectivity index (χ2n) is 4.70. The lowest BCUT2D eigenvalue weighted by molar-refractivity contribution is -0.188. The normalized spacial score (nSPS) is 24.9. The fourth-order valence-corrected chi connectivity index (χ4v) is 2.42. The van der Waals surface area contributed by atoms with Gasteiger partial charge in [0, 0.05) is 25.6 Å². The number of halogens is 3. The zero-order valence-electron chi connectivity index (χ0n) is 10.6. The Bertz CT molecular complexity index is 269. The molecule has 1 amide bonds. The maximum absolute atomic E-state index is 12.8. The fraction of sp³-hybridized carbons (Fsp3) is 0.917. The van der Waals surface area contributed by atoms with Crippen LogP contribution in [-0.4, -0.2) is 31.2 Å². The first-order valence-electron chi connectivity index (χ1n) is 6.52. The Labute approximate surface area is 106 Å². The van der Waals surface area contributed by atoms with E-state index in [1.807, 2.05) is 6.92 Å². The molecule has 0 aromatic carbocycles. The van der Waals surface area contributed by atoms with Gasteiger partial charge in [-0.3, -0.25) is 4.79 Å². The van der Waals surface area contributed by atoms with Gasteiger partial charge < -0.3 is 10.6 Å². The number of carbonyl (C=O) groups excluding carboxylic acids is 1. The summed E-state index contributed by atoms with van der Waals surface area (Å²) in [6, 6.07) is -0.534. The van der Waals surface area contributed by atoms with Gasteiger partial charge in [0.15, 0.2) is 0 Å². The first kappa shape index (κ1) is 15.3. The summed E-state index contributed by atoms with van der Waals surface area (Å²) < 4.78 is 38.3. The van der Waals surface area contributed by atoms with Crippen LogP contribution in [0.3, 0.4) is 0 Å². The fourth-order valence-electron chi connectivity index (χ4n) is 2.42. The zero-order chi connectivity index (χ0) is 13.6. The van der Waals surface area contributed by atoms with E-state index in [4.69, 9.17) is 0 Å². The third-order valence-corrected chi connectivity index (χ3v) is 3.32. The molecular formula is C12H21F3N2O. The molecule has 0 spiro atoms. The van der Waals surface area contributed by atoms with Crippen molar-refractivity contribution in [3.8, 4) is 0 Å². The number of amides is 1. The largest absolute Gasteiger partial charge is 0.393 e. The molecule has 2 unspecified atom stereocenters. The second-order valence-corrected chi connectivity index (χ2v) is 4.70. The van der Waals surface area contributed by atoms with Gasteiger partial charge in [0.2, 0.25) is 5.91 Å². The van der Waals surface area contributed by atoms with E-state index in [1.165, 1.54) is 0 Å². The summed E-state index contributed by atoms with van der Waals surface area (Å²) in [5, 5.41) is 5.51. The highest BCUT2D eigenvalue weighted by Crippen LogP contribution is 2.37. The lowest BCUT2D eigenvalue weighted by atomic mass is 9.84. The van der Waals surface area contributed by atoms with Crippen LogP contribution in [0.1, 0.15) is 39.0 Å². The van der Waals surface area contributed by atoms with Gasteiger partial charge in [-0.05, 0) is 19.8 Å². The number of nitrogens with one attached hydrogen (secondary N) is 2. The Hall–Kier alpha value is -0.780. The van der Waals surface area contributed by atoms with E-state index in [2.05, 4.69) is 10.6 Å². The average molecular weight is 266 g/mol. The van der Waals surface area contributed by atoms with E-state index >= 15 is 0 Å². The molecule has 3 nitrogen and oxygen atoms in total. The molecule has 0 aliphatic heterocycles. The standard InChI is InChI=1S/C12H21F3N2O/c1-2-16-11(18)7-8-17-10-6-4-3-5-9(10)12(13,14)15/h9-10,17H,2-8H2,1H3,(H,16,18). The molecule has 0 heterocycles. The minimum Gasteiger partial charge on any atom is -0.356 e. The highest BCUT2D eigenvalue weighted by Gasteiger charge is 2.45. The van der Waals surface area contributed by atoms with Crippen LogP contribution in [0.4, 0.5) is 13.2 Å². The quantitative estimate of drug-likeness (QED) is 0.801. The number of alkyl halides is 3. The summed E-state index contributed by atoms with van der Waals surface area (Å²) >= 11 is 0. The van der Waals surface area contributed by atoms with Crippen LogP contribution in [-0.2, 0) is 4.79 Å². The number of hydrogen-bond donors (Lipinski definition) is 2. The Balaban J connectivity index is 2.36. The van der Waals surface area contributed by atoms with Crippen molar-refractivity contribution in [3.05, 3.63) is 0 Å². The smallest absolute Gasteiger partial charge is 0.356 e. The van der Waals surface area contributed by atoms with Gasteiger partial charge in [0.25, 0.3) is 0 Å². The Kier molecular flexibility index (Phi) is 5.91. The SMILES string of the molecule is CCNC(=O)CCNC1CCCCC1C(F)(F)F. The monoisotopic (exact) mass is 266 g/mol. The van der Waals surface area contributed by atoms with Crippen LogP contribution >= 0.6 is 0 Å². The highest BCUT2D eigenvalue weighted by molar-refractivity contribution is 5.75. The summed E-state index contributed by atoms with van der Waals surface area (Å²) in [7, 11) is 0. The summed E-state index contributed by atoms with van der Waals surface area (Å²) in [6.07, 6.45) is -1.70. The van der Waals surface area contributed by atoms with Crippen molar-refractivity contribution in [3.63, 3.8) is 0 Å². The lowest BCUT2D eigenvalue weighted by Crippen LogP contribution is -2.46. The Morgan fingerprint density at radius 1 is 1.28 bits per heavy atom. The summed E-state index contributed by atoms with van der Waals surface area (Å²) in [5.41, 5.74) is 0. The summed E-state index contributed by atoms with van der Waals surface area (Å²) in [6.45, 7) is 2.67.